The molecule has 2 aromatic carbocycles. The summed E-state index contributed by atoms with van der Waals surface area (Å²) in [6, 6.07) is 13.5. The molecule has 0 spiro atoms. The maximum Gasteiger partial charge on any atom is 0.260 e. The number of hydrogen-bond acceptors (Lipinski definition) is 7. The molecule has 168 valence electrons. The smallest absolute Gasteiger partial charge is 0.260 e. The Hall–Kier alpha value is -3.39. The van der Waals surface area contributed by atoms with Crippen molar-refractivity contribution >= 4 is 5.91 Å². The first kappa shape index (κ1) is 21.8. The molecule has 1 aromatic heterocycles. The Balaban J connectivity index is 1.39. The quantitative estimate of drug-likeness (QED) is 0.557. The molecular weight excluding hydrogens is 410 g/mol. The summed E-state index contributed by atoms with van der Waals surface area (Å²) in [6.45, 7) is 7.50. The van der Waals surface area contributed by atoms with E-state index < -0.39 is 6.10 Å². The van der Waals surface area contributed by atoms with Gasteiger partial charge in [0.15, 0.2) is 24.2 Å². The van der Waals surface area contributed by atoms with Crippen molar-refractivity contribution in [3.05, 3.63) is 59.5 Å². The van der Waals surface area contributed by atoms with Gasteiger partial charge in [0.25, 0.3) is 11.8 Å². The van der Waals surface area contributed by atoms with Gasteiger partial charge in [0.05, 0.1) is 19.8 Å². The molecule has 3 aromatic rings. The lowest BCUT2D eigenvalue weighted by Gasteiger charge is -2.31. The molecule has 2 heterocycles. The second-order valence-electron chi connectivity index (χ2n) is 7.64. The van der Waals surface area contributed by atoms with Gasteiger partial charge < -0.3 is 23.6 Å². The predicted molar refractivity (Wildman–Crippen MR) is 118 cm³/mol. The van der Waals surface area contributed by atoms with Gasteiger partial charge in [-0.25, -0.2) is 0 Å². The van der Waals surface area contributed by atoms with Crippen molar-refractivity contribution in [3.8, 4) is 22.9 Å². The zero-order chi connectivity index (χ0) is 22.5. The first-order valence-electron chi connectivity index (χ1n) is 10.7. The molecule has 32 heavy (non-hydrogen) atoms. The summed E-state index contributed by atoms with van der Waals surface area (Å²) in [6.07, 6.45) is -0.476. The van der Waals surface area contributed by atoms with Gasteiger partial charge in [0.1, 0.15) is 0 Å². The Labute approximate surface area is 187 Å². The van der Waals surface area contributed by atoms with Crippen molar-refractivity contribution in [3.63, 3.8) is 0 Å². The zero-order valence-corrected chi connectivity index (χ0v) is 18.5. The SMILES string of the molecule is CCOc1cc(C)ccc1OCC(=O)N1CCO[C@@H](c2nc(-c3ccccc3C)no2)C1. The van der Waals surface area contributed by atoms with Crippen LogP contribution in [0.3, 0.4) is 0 Å². The van der Waals surface area contributed by atoms with Crippen molar-refractivity contribution < 1.29 is 23.5 Å². The van der Waals surface area contributed by atoms with Crippen LogP contribution in [0.1, 0.15) is 30.0 Å². The minimum atomic E-state index is -0.476. The molecule has 0 aliphatic carbocycles. The maximum atomic E-state index is 12.8. The van der Waals surface area contributed by atoms with Gasteiger partial charge in [-0.3, -0.25) is 4.79 Å². The summed E-state index contributed by atoms with van der Waals surface area (Å²) in [5.41, 5.74) is 3.02. The van der Waals surface area contributed by atoms with Crippen molar-refractivity contribution in [2.45, 2.75) is 26.9 Å². The van der Waals surface area contributed by atoms with Gasteiger partial charge in [-0.2, -0.15) is 4.98 Å². The standard InChI is InChI=1S/C24H27N3O5/c1-4-29-20-13-16(2)9-10-19(20)31-15-22(28)27-11-12-30-21(14-27)24-25-23(26-32-24)18-8-6-5-7-17(18)3/h5-10,13,21H,4,11-12,14-15H2,1-3H3/t21-/m1/s1. The lowest BCUT2D eigenvalue weighted by atomic mass is 10.1. The Kier molecular flexibility index (Phi) is 6.70. The summed E-state index contributed by atoms with van der Waals surface area (Å²) < 4.78 is 22.6. The Morgan fingerprint density at radius 2 is 2.00 bits per heavy atom. The highest BCUT2D eigenvalue weighted by atomic mass is 16.5. The molecule has 0 saturated carbocycles. The number of ether oxygens (including phenoxy) is 3. The third-order valence-electron chi connectivity index (χ3n) is 5.27. The number of aromatic nitrogens is 2. The van der Waals surface area contributed by atoms with E-state index in [0.29, 0.717) is 49.5 Å². The molecule has 1 atom stereocenters. The summed E-state index contributed by atoms with van der Waals surface area (Å²) >= 11 is 0. The minimum Gasteiger partial charge on any atom is -0.490 e. The summed E-state index contributed by atoms with van der Waals surface area (Å²) in [5, 5.41) is 4.09. The first-order valence-corrected chi connectivity index (χ1v) is 10.7. The van der Waals surface area contributed by atoms with Crippen LogP contribution in [0.2, 0.25) is 0 Å². The number of carbonyl (C=O) groups is 1. The second kappa shape index (κ2) is 9.82. The van der Waals surface area contributed by atoms with Gasteiger partial charge in [-0.1, -0.05) is 35.5 Å². The van der Waals surface area contributed by atoms with Crippen LogP contribution in [0.5, 0.6) is 11.5 Å². The lowest BCUT2D eigenvalue weighted by Crippen LogP contribution is -2.44. The fraction of sp³-hybridized carbons (Fsp3) is 0.375. The Morgan fingerprint density at radius 1 is 1.16 bits per heavy atom. The second-order valence-corrected chi connectivity index (χ2v) is 7.64. The van der Waals surface area contributed by atoms with E-state index in [1.165, 1.54) is 0 Å². The average Bonchev–Trinajstić information content (AvgIpc) is 3.29. The van der Waals surface area contributed by atoms with Crippen LogP contribution >= 0.6 is 0 Å². The molecule has 8 nitrogen and oxygen atoms in total. The molecule has 0 radical (unpaired) electrons. The third kappa shape index (κ3) is 4.91. The number of nitrogens with zero attached hydrogens (tertiary/aromatic N) is 3. The molecule has 1 aliphatic rings. The van der Waals surface area contributed by atoms with Crippen molar-refractivity contribution in [2.24, 2.45) is 0 Å². The van der Waals surface area contributed by atoms with E-state index >= 15 is 0 Å². The molecule has 1 amide bonds. The average molecular weight is 437 g/mol. The van der Waals surface area contributed by atoms with Gasteiger partial charge in [0, 0.05) is 12.1 Å². The lowest BCUT2D eigenvalue weighted by molar-refractivity contribution is -0.142. The predicted octanol–water partition coefficient (Wildman–Crippen LogP) is 3.73. The summed E-state index contributed by atoms with van der Waals surface area (Å²) in [4.78, 5) is 19.0. The minimum absolute atomic E-state index is 0.0891. The van der Waals surface area contributed by atoms with E-state index in [2.05, 4.69) is 10.1 Å². The largest absolute Gasteiger partial charge is 0.490 e. The number of carbonyl (C=O) groups excluding carboxylic acids is 1. The van der Waals surface area contributed by atoms with Crippen LogP contribution in [0.4, 0.5) is 0 Å². The molecule has 0 N–H and O–H groups in total. The van der Waals surface area contributed by atoms with Crippen LogP contribution < -0.4 is 9.47 Å². The van der Waals surface area contributed by atoms with Crippen molar-refractivity contribution in [1.29, 1.82) is 0 Å². The van der Waals surface area contributed by atoms with Crippen LogP contribution in [-0.2, 0) is 9.53 Å². The Bertz CT molecular complexity index is 1080. The van der Waals surface area contributed by atoms with Crippen LogP contribution in [0, 0.1) is 13.8 Å². The normalized spacial score (nSPS) is 16.1. The van der Waals surface area contributed by atoms with Crippen LogP contribution in [-0.4, -0.2) is 53.9 Å². The van der Waals surface area contributed by atoms with E-state index in [1.54, 1.807) is 4.90 Å². The molecule has 4 rings (SSSR count). The first-order chi connectivity index (χ1) is 15.5. The van der Waals surface area contributed by atoms with Crippen LogP contribution in [0.15, 0.2) is 47.0 Å². The van der Waals surface area contributed by atoms with Gasteiger partial charge in [-0.15, -0.1) is 0 Å². The molecule has 0 bridgehead atoms. The van der Waals surface area contributed by atoms with E-state index in [9.17, 15) is 4.79 Å². The number of hydrogen-bond donors (Lipinski definition) is 0. The topological polar surface area (TPSA) is 86.9 Å². The zero-order valence-electron chi connectivity index (χ0n) is 18.5. The van der Waals surface area contributed by atoms with Gasteiger partial charge >= 0.3 is 0 Å². The van der Waals surface area contributed by atoms with E-state index in [0.717, 1.165) is 16.7 Å². The van der Waals surface area contributed by atoms with Crippen molar-refractivity contribution in [1.82, 2.24) is 15.0 Å². The maximum absolute atomic E-state index is 12.8. The molecule has 0 unspecified atom stereocenters. The van der Waals surface area contributed by atoms with E-state index in [-0.39, 0.29) is 12.5 Å². The van der Waals surface area contributed by atoms with E-state index in [1.807, 2.05) is 63.2 Å². The highest BCUT2D eigenvalue weighted by Gasteiger charge is 2.30. The molecule has 1 aliphatic heterocycles. The number of amides is 1. The fourth-order valence-corrected chi connectivity index (χ4v) is 3.56. The van der Waals surface area contributed by atoms with Crippen LogP contribution in [0.25, 0.3) is 11.4 Å². The molecular formula is C24H27N3O5. The number of morpholine rings is 1. The van der Waals surface area contributed by atoms with Gasteiger partial charge in [0.2, 0.25) is 5.82 Å². The molecule has 1 saturated heterocycles. The van der Waals surface area contributed by atoms with E-state index in [4.69, 9.17) is 18.7 Å². The van der Waals surface area contributed by atoms with Gasteiger partial charge in [-0.05, 0) is 44.0 Å². The number of benzene rings is 2. The number of rotatable bonds is 7. The fourth-order valence-electron chi connectivity index (χ4n) is 3.56. The summed E-state index contributed by atoms with van der Waals surface area (Å²) in [5.74, 6) is 1.92. The monoisotopic (exact) mass is 437 g/mol. The molecule has 1 fully saturated rings. The highest BCUT2D eigenvalue weighted by molar-refractivity contribution is 5.78. The molecule has 8 heteroatoms. The Morgan fingerprint density at radius 3 is 2.81 bits per heavy atom. The number of aryl methyl sites for hydroxylation is 2. The summed E-state index contributed by atoms with van der Waals surface area (Å²) in [7, 11) is 0. The van der Waals surface area contributed by atoms with Crippen molar-refractivity contribution in [2.75, 3.05) is 32.9 Å². The third-order valence-corrected chi connectivity index (χ3v) is 5.27. The highest BCUT2D eigenvalue weighted by Crippen LogP contribution is 2.29.